The Kier molecular flexibility index (Phi) is 9.49. The van der Waals surface area contributed by atoms with E-state index in [1.165, 1.54) is 5.56 Å². The van der Waals surface area contributed by atoms with Crippen molar-refractivity contribution in [1.82, 2.24) is 5.43 Å². The number of rotatable bonds is 3. The van der Waals surface area contributed by atoms with Gasteiger partial charge in [-0.3, -0.25) is 5.84 Å². The predicted molar refractivity (Wildman–Crippen MR) is 81.7 cm³/mol. The lowest BCUT2D eigenvalue weighted by Gasteiger charge is -2.13. The number of hydrogen-bond donors (Lipinski definition) is 2. The maximum atomic E-state index is 5.52. The molecule has 1 aromatic heterocycles. The van der Waals surface area contributed by atoms with Gasteiger partial charge in [-0.05, 0) is 24.6 Å². The topological polar surface area (TPSA) is 51.2 Å². The molecule has 0 aliphatic heterocycles. The highest BCUT2D eigenvalue weighted by Gasteiger charge is 2.14. The number of benzene rings is 1. The second-order valence-electron chi connectivity index (χ2n) is 3.53. The minimum absolute atomic E-state index is 0.0828. The van der Waals surface area contributed by atoms with Gasteiger partial charge in [0.05, 0.1) is 6.26 Å². The second kappa shape index (κ2) is 10.4. The molecule has 3 nitrogen and oxygen atoms in total. The van der Waals surface area contributed by atoms with Gasteiger partial charge in [-0.25, -0.2) is 5.43 Å². The summed E-state index contributed by atoms with van der Waals surface area (Å²) in [4.78, 5) is 0. The standard InChI is InChI=1S/C12H14N2O.2C2H6/c1-9-4-6-10(7-5-9)12(14-13)11-3-2-8-15-11;2*1-2/h2-8,12,14H,13H2,1H3;2*1-2H3. The van der Waals surface area contributed by atoms with Crippen LogP contribution in [0.5, 0.6) is 0 Å². The molecular formula is C16H26N2O. The summed E-state index contributed by atoms with van der Waals surface area (Å²) in [5, 5.41) is 0. The molecule has 0 fully saturated rings. The minimum Gasteiger partial charge on any atom is -0.467 e. The van der Waals surface area contributed by atoms with Crippen molar-refractivity contribution < 1.29 is 4.42 Å². The molecule has 0 bridgehead atoms. The number of hydrogen-bond acceptors (Lipinski definition) is 3. The maximum Gasteiger partial charge on any atom is 0.126 e. The summed E-state index contributed by atoms with van der Waals surface area (Å²) in [6, 6.07) is 11.9. The highest BCUT2D eigenvalue weighted by molar-refractivity contribution is 5.29. The molecule has 1 aromatic carbocycles. The normalized spacial score (nSPS) is 10.6. The zero-order chi connectivity index (χ0) is 14.7. The van der Waals surface area contributed by atoms with E-state index in [1.807, 2.05) is 52.0 Å². The van der Waals surface area contributed by atoms with Crippen LogP contribution in [0.2, 0.25) is 0 Å². The summed E-state index contributed by atoms with van der Waals surface area (Å²) >= 11 is 0. The highest BCUT2D eigenvalue weighted by atomic mass is 16.3. The van der Waals surface area contributed by atoms with E-state index in [2.05, 4.69) is 24.5 Å². The average molecular weight is 262 g/mol. The molecule has 3 N–H and O–H groups in total. The summed E-state index contributed by atoms with van der Waals surface area (Å²) in [6.45, 7) is 10.1. The number of hydrazine groups is 1. The zero-order valence-corrected chi connectivity index (χ0v) is 12.6. The van der Waals surface area contributed by atoms with Crippen molar-refractivity contribution in [2.24, 2.45) is 5.84 Å². The third-order valence-corrected chi connectivity index (χ3v) is 2.41. The van der Waals surface area contributed by atoms with Crippen LogP contribution in [0.3, 0.4) is 0 Å². The predicted octanol–water partition coefficient (Wildman–Crippen LogP) is 4.19. The molecule has 0 saturated heterocycles. The maximum absolute atomic E-state index is 5.52. The van der Waals surface area contributed by atoms with E-state index in [0.717, 1.165) is 11.3 Å². The van der Waals surface area contributed by atoms with Crippen LogP contribution in [-0.2, 0) is 0 Å². The summed E-state index contributed by atoms with van der Waals surface area (Å²) in [6.07, 6.45) is 1.65. The van der Waals surface area contributed by atoms with Crippen molar-refractivity contribution in [1.29, 1.82) is 0 Å². The van der Waals surface area contributed by atoms with Gasteiger partial charge in [-0.2, -0.15) is 0 Å². The summed E-state index contributed by atoms with van der Waals surface area (Å²) < 4.78 is 5.33. The number of nitrogens with one attached hydrogen (secondary N) is 1. The molecule has 2 aromatic rings. The molecule has 0 aliphatic carbocycles. The van der Waals surface area contributed by atoms with Crippen molar-refractivity contribution in [3.63, 3.8) is 0 Å². The van der Waals surface area contributed by atoms with Crippen LogP contribution in [0, 0.1) is 6.92 Å². The minimum atomic E-state index is -0.0828. The molecule has 0 saturated carbocycles. The Morgan fingerprint density at radius 2 is 1.58 bits per heavy atom. The van der Waals surface area contributed by atoms with Gasteiger partial charge in [0, 0.05) is 0 Å². The lowest BCUT2D eigenvalue weighted by molar-refractivity contribution is 0.452. The fourth-order valence-electron chi connectivity index (χ4n) is 1.56. The molecule has 3 heteroatoms. The first-order valence-electron chi connectivity index (χ1n) is 6.87. The van der Waals surface area contributed by atoms with E-state index in [4.69, 9.17) is 10.3 Å². The van der Waals surface area contributed by atoms with Gasteiger partial charge >= 0.3 is 0 Å². The SMILES string of the molecule is CC.CC.Cc1ccc(C(NN)c2ccco2)cc1. The Morgan fingerprint density at radius 1 is 1.00 bits per heavy atom. The fraction of sp³-hybridized carbons (Fsp3) is 0.375. The third kappa shape index (κ3) is 5.28. The van der Waals surface area contributed by atoms with E-state index in [0.29, 0.717) is 0 Å². The first kappa shape index (κ1) is 17.4. The molecule has 0 radical (unpaired) electrons. The van der Waals surface area contributed by atoms with Crippen LogP contribution in [0.1, 0.15) is 50.6 Å². The average Bonchev–Trinajstić information content (AvgIpc) is 3.00. The Bertz CT molecular complexity index is 407. The molecule has 106 valence electrons. The smallest absolute Gasteiger partial charge is 0.126 e. The molecule has 0 spiro atoms. The summed E-state index contributed by atoms with van der Waals surface area (Å²) in [5.74, 6) is 6.34. The van der Waals surface area contributed by atoms with Gasteiger partial charge in [0.15, 0.2) is 0 Å². The monoisotopic (exact) mass is 262 g/mol. The van der Waals surface area contributed by atoms with Gasteiger partial charge in [-0.15, -0.1) is 0 Å². The van der Waals surface area contributed by atoms with Crippen molar-refractivity contribution in [3.8, 4) is 0 Å². The van der Waals surface area contributed by atoms with Gasteiger partial charge in [-0.1, -0.05) is 57.5 Å². The molecule has 1 atom stereocenters. The van der Waals surface area contributed by atoms with Crippen LogP contribution in [0.25, 0.3) is 0 Å². The van der Waals surface area contributed by atoms with Crippen LogP contribution in [0.15, 0.2) is 47.1 Å². The lowest BCUT2D eigenvalue weighted by atomic mass is 10.0. The van der Waals surface area contributed by atoms with Crippen molar-refractivity contribution in [3.05, 3.63) is 59.5 Å². The van der Waals surface area contributed by atoms with Crippen molar-refractivity contribution in [2.45, 2.75) is 40.7 Å². The van der Waals surface area contributed by atoms with E-state index < -0.39 is 0 Å². The number of nitrogens with two attached hydrogens (primary N) is 1. The Balaban J connectivity index is 0.000000741. The van der Waals surface area contributed by atoms with Gasteiger partial charge < -0.3 is 4.42 Å². The molecule has 1 unspecified atom stereocenters. The third-order valence-electron chi connectivity index (χ3n) is 2.41. The van der Waals surface area contributed by atoms with Crippen LogP contribution >= 0.6 is 0 Å². The largest absolute Gasteiger partial charge is 0.467 e. The van der Waals surface area contributed by atoms with Crippen molar-refractivity contribution >= 4 is 0 Å². The molecular weight excluding hydrogens is 236 g/mol. The van der Waals surface area contributed by atoms with E-state index in [-0.39, 0.29) is 6.04 Å². The van der Waals surface area contributed by atoms with Crippen LogP contribution in [0.4, 0.5) is 0 Å². The quantitative estimate of drug-likeness (QED) is 0.644. The van der Waals surface area contributed by atoms with E-state index >= 15 is 0 Å². The molecule has 1 heterocycles. The fourth-order valence-corrected chi connectivity index (χ4v) is 1.56. The first-order chi connectivity index (χ1) is 9.31. The van der Waals surface area contributed by atoms with E-state index in [1.54, 1.807) is 6.26 Å². The zero-order valence-electron chi connectivity index (χ0n) is 12.6. The molecule has 2 rings (SSSR count). The van der Waals surface area contributed by atoms with Crippen LogP contribution in [-0.4, -0.2) is 0 Å². The number of furan rings is 1. The highest BCUT2D eigenvalue weighted by Crippen LogP contribution is 2.21. The Hall–Kier alpha value is -1.58. The van der Waals surface area contributed by atoms with Crippen LogP contribution < -0.4 is 11.3 Å². The van der Waals surface area contributed by atoms with Gasteiger partial charge in [0.1, 0.15) is 11.8 Å². The summed E-state index contributed by atoms with van der Waals surface area (Å²) in [5.41, 5.74) is 5.07. The lowest BCUT2D eigenvalue weighted by Crippen LogP contribution is -2.28. The molecule has 0 aliphatic rings. The van der Waals surface area contributed by atoms with Gasteiger partial charge in [0.2, 0.25) is 0 Å². The second-order valence-corrected chi connectivity index (χ2v) is 3.53. The molecule has 0 amide bonds. The van der Waals surface area contributed by atoms with E-state index in [9.17, 15) is 0 Å². The van der Waals surface area contributed by atoms with Crippen molar-refractivity contribution in [2.75, 3.05) is 0 Å². The molecule has 19 heavy (non-hydrogen) atoms. The summed E-state index contributed by atoms with van der Waals surface area (Å²) in [7, 11) is 0. The Labute approximate surface area is 116 Å². The van der Waals surface area contributed by atoms with Gasteiger partial charge in [0.25, 0.3) is 0 Å². The number of aryl methyl sites for hydroxylation is 1. The Morgan fingerprint density at radius 3 is 2.00 bits per heavy atom. The first-order valence-corrected chi connectivity index (χ1v) is 6.87.